The third-order valence-corrected chi connectivity index (χ3v) is 3.10. The van der Waals surface area contributed by atoms with Gasteiger partial charge in [0.15, 0.2) is 0 Å². The molecule has 3 heteroatoms. The third kappa shape index (κ3) is 1.63. The minimum absolute atomic E-state index is 0.0590. The number of benzene rings is 1. The highest BCUT2D eigenvalue weighted by atomic mass is 32.1. The third-order valence-electron chi connectivity index (χ3n) is 2.22. The van der Waals surface area contributed by atoms with Crippen LogP contribution in [0.2, 0.25) is 0 Å². The summed E-state index contributed by atoms with van der Waals surface area (Å²) in [5.41, 5.74) is 1.10. The minimum Gasteiger partial charge on any atom is -0.359 e. The van der Waals surface area contributed by atoms with Crippen LogP contribution in [0.5, 0.6) is 0 Å². The average Bonchev–Trinajstić information content (AvgIpc) is 2.66. The second-order valence-corrected chi connectivity index (χ2v) is 4.05. The first-order valence-electron chi connectivity index (χ1n) is 4.47. The summed E-state index contributed by atoms with van der Waals surface area (Å²) in [4.78, 5) is 11.2. The SMILES string of the molecule is CNC(=O)Cc1cccc2sccc12. The van der Waals surface area contributed by atoms with Crippen LogP contribution in [0.1, 0.15) is 5.56 Å². The van der Waals surface area contributed by atoms with E-state index < -0.39 is 0 Å². The van der Waals surface area contributed by atoms with Gasteiger partial charge in [-0.2, -0.15) is 0 Å². The van der Waals surface area contributed by atoms with Crippen molar-refractivity contribution in [3.8, 4) is 0 Å². The molecular formula is C11H11NOS. The summed E-state index contributed by atoms with van der Waals surface area (Å²) in [5, 5.41) is 5.88. The molecule has 0 spiro atoms. The predicted octanol–water partition coefficient (Wildman–Crippen LogP) is 2.19. The molecule has 2 rings (SSSR count). The Morgan fingerprint density at radius 2 is 2.29 bits per heavy atom. The van der Waals surface area contributed by atoms with E-state index in [1.165, 1.54) is 10.1 Å². The lowest BCUT2D eigenvalue weighted by Gasteiger charge is -2.01. The van der Waals surface area contributed by atoms with E-state index in [9.17, 15) is 4.79 Å². The molecule has 0 unspecified atom stereocenters. The second kappa shape index (κ2) is 3.80. The summed E-state index contributed by atoms with van der Waals surface area (Å²) in [6.45, 7) is 0. The molecule has 1 heterocycles. The van der Waals surface area contributed by atoms with Gasteiger partial charge in [0.2, 0.25) is 5.91 Å². The van der Waals surface area contributed by atoms with Crippen LogP contribution in [0, 0.1) is 0 Å². The van der Waals surface area contributed by atoms with Gasteiger partial charge in [0.1, 0.15) is 0 Å². The molecule has 0 aliphatic carbocycles. The summed E-state index contributed by atoms with van der Waals surface area (Å²) in [6.07, 6.45) is 0.463. The number of likely N-dealkylation sites (N-methyl/N-ethyl adjacent to an activating group) is 1. The van der Waals surface area contributed by atoms with Gasteiger partial charge in [-0.3, -0.25) is 4.79 Å². The van der Waals surface area contributed by atoms with Gasteiger partial charge in [0, 0.05) is 11.7 Å². The molecule has 14 heavy (non-hydrogen) atoms. The molecule has 0 fully saturated rings. The van der Waals surface area contributed by atoms with Gasteiger partial charge in [0.25, 0.3) is 0 Å². The van der Waals surface area contributed by atoms with Crippen molar-refractivity contribution in [2.75, 3.05) is 7.05 Å². The van der Waals surface area contributed by atoms with Crippen molar-refractivity contribution in [1.29, 1.82) is 0 Å². The van der Waals surface area contributed by atoms with E-state index in [0.717, 1.165) is 5.56 Å². The van der Waals surface area contributed by atoms with Crippen LogP contribution in [0.15, 0.2) is 29.6 Å². The Hall–Kier alpha value is -1.35. The summed E-state index contributed by atoms with van der Waals surface area (Å²) in [6, 6.07) is 8.15. The maximum atomic E-state index is 11.2. The lowest BCUT2D eigenvalue weighted by molar-refractivity contribution is -0.119. The Morgan fingerprint density at radius 1 is 1.43 bits per heavy atom. The molecule has 0 radical (unpaired) electrons. The molecule has 1 N–H and O–H groups in total. The maximum absolute atomic E-state index is 11.2. The molecule has 0 saturated heterocycles. The zero-order valence-electron chi connectivity index (χ0n) is 7.91. The van der Waals surface area contributed by atoms with Crippen LogP contribution in [0.3, 0.4) is 0 Å². The number of nitrogens with one attached hydrogen (secondary N) is 1. The van der Waals surface area contributed by atoms with Crippen LogP contribution in [-0.4, -0.2) is 13.0 Å². The summed E-state index contributed by atoms with van der Waals surface area (Å²) >= 11 is 1.70. The fourth-order valence-electron chi connectivity index (χ4n) is 1.47. The summed E-state index contributed by atoms with van der Waals surface area (Å²) in [7, 11) is 1.66. The molecule has 1 aromatic heterocycles. The van der Waals surface area contributed by atoms with E-state index in [1.807, 2.05) is 12.1 Å². The molecule has 0 aliphatic rings. The van der Waals surface area contributed by atoms with Gasteiger partial charge >= 0.3 is 0 Å². The van der Waals surface area contributed by atoms with Crippen molar-refractivity contribution in [2.45, 2.75) is 6.42 Å². The molecule has 1 aromatic carbocycles. The van der Waals surface area contributed by atoms with Crippen molar-refractivity contribution in [3.05, 3.63) is 35.2 Å². The molecule has 0 aliphatic heterocycles. The van der Waals surface area contributed by atoms with Crippen molar-refractivity contribution >= 4 is 27.3 Å². The number of rotatable bonds is 2. The Kier molecular flexibility index (Phi) is 2.50. The first-order valence-corrected chi connectivity index (χ1v) is 5.35. The Bertz CT molecular complexity index is 461. The largest absolute Gasteiger partial charge is 0.359 e. The van der Waals surface area contributed by atoms with E-state index in [1.54, 1.807) is 18.4 Å². The van der Waals surface area contributed by atoms with Crippen LogP contribution >= 0.6 is 11.3 Å². The van der Waals surface area contributed by atoms with E-state index >= 15 is 0 Å². The van der Waals surface area contributed by atoms with Crippen molar-refractivity contribution in [3.63, 3.8) is 0 Å². The standard InChI is InChI=1S/C11H11NOS/c1-12-11(13)7-8-3-2-4-10-9(8)5-6-14-10/h2-6H,7H2,1H3,(H,12,13). The maximum Gasteiger partial charge on any atom is 0.224 e. The van der Waals surface area contributed by atoms with Gasteiger partial charge in [-0.15, -0.1) is 11.3 Å². The smallest absolute Gasteiger partial charge is 0.224 e. The number of amides is 1. The Labute approximate surface area is 86.6 Å². The van der Waals surface area contributed by atoms with Crippen molar-refractivity contribution < 1.29 is 4.79 Å². The first-order chi connectivity index (χ1) is 6.81. The molecule has 0 bridgehead atoms. The normalized spacial score (nSPS) is 10.4. The summed E-state index contributed by atoms with van der Waals surface area (Å²) < 4.78 is 1.24. The molecule has 0 saturated carbocycles. The Morgan fingerprint density at radius 3 is 3.07 bits per heavy atom. The quantitative estimate of drug-likeness (QED) is 0.800. The number of hydrogen-bond donors (Lipinski definition) is 1. The molecule has 1 amide bonds. The lowest BCUT2D eigenvalue weighted by Crippen LogP contribution is -2.19. The monoisotopic (exact) mass is 205 g/mol. The number of thiophene rings is 1. The van der Waals surface area contributed by atoms with Gasteiger partial charge in [-0.1, -0.05) is 12.1 Å². The number of carbonyl (C=O) groups is 1. The lowest BCUT2D eigenvalue weighted by atomic mass is 10.1. The number of fused-ring (bicyclic) bond motifs is 1. The Balaban J connectivity index is 2.41. The average molecular weight is 205 g/mol. The second-order valence-electron chi connectivity index (χ2n) is 3.10. The van der Waals surface area contributed by atoms with Crippen LogP contribution in [0.25, 0.3) is 10.1 Å². The zero-order valence-corrected chi connectivity index (χ0v) is 8.73. The van der Waals surface area contributed by atoms with E-state index in [2.05, 4.69) is 22.8 Å². The topological polar surface area (TPSA) is 29.1 Å². The van der Waals surface area contributed by atoms with Gasteiger partial charge in [-0.05, 0) is 28.5 Å². The van der Waals surface area contributed by atoms with Crippen molar-refractivity contribution in [2.24, 2.45) is 0 Å². The molecular weight excluding hydrogens is 194 g/mol. The van der Waals surface area contributed by atoms with Gasteiger partial charge < -0.3 is 5.32 Å². The van der Waals surface area contributed by atoms with Crippen LogP contribution in [0.4, 0.5) is 0 Å². The predicted molar refractivity (Wildman–Crippen MR) is 59.6 cm³/mol. The minimum atomic E-state index is 0.0590. The highest BCUT2D eigenvalue weighted by Crippen LogP contribution is 2.24. The van der Waals surface area contributed by atoms with E-state index in [-0.39, 0.29) is 5.91 Å². The number of carbonyl (C=O) groups excluding carboxylic acids is 1. The molecule has 2 aromatic rings. The van der Waals surface area contributed by atoms with Crippen molar-refractivity contribution in [1.82, 2.24) is 5.32 Å². The van der Waals surface area contributed by atoms with Crippen LogP contribution in [-0.2, 0) is 11.2 Å². The van der Waals surface area contributed by atoms with E-state index in [4.69, 9.17) is 0 Å². The fraction of sp³-hybridized carbons (Fsp3) is 0.182. The highest BCUT2D eigenvalue weighted by molar-refractivity contribution is 7.17. The summed E-state index contributed by atoms with van der Waals surface area (Å²) in [5.74, 6) is 0.0590. The molecule has 0 atom stereocenters. The van der Waals surface area contributed by atoms with Gasteiger partial charge in [0.05, 0.1) is 6.42 Å². The highest BCUT2D eigenvalue weighted by Gasteiger charge is 2.05. The van der Waals surface area contributed by atoms with Gasteiger partial charge in [-0.25, -0.2) is 0 Å². The first kappa shape index (κ1) is 9.21. The molecule has 72 valence electrons. The fourth-order valence-corrected chi connectivity index (χ4v) is 2.31. The van der Waals surface area contributed by atoms with Crippen LogP contribution < -0.4 is 5.32 Å². The number of hydrogen-bond acceptors (Lipinski definition) is 2. The molecule has 2 nitrogen and oxygen atoms in total. The zero-order chi connectivity index (χ0) is 9.97. The van der Waals surface area contributed by atoms with E-state index in [0.29, 0.717) is 6.42 Å².